The summed E-state index contributed by atoms with van der Waals surface area (Å²) >= 11 is 1.13. The highest BCUT2D eigenvalue weighted by Crippen LogP contribution is 2.29. The van der Waals surface area contributed by atoms with Crippen LogP contribution in [0, 0.1) is 0 Å². The Morgan fingerprint density at radius 3 is 2.58 bits per heavy atom. The summed E-state index contributed by atoms with van der Waals surface area (Å²) in [6.45, 7) is 5.49. The first-order valence-electron chi connectivity index (χ1n) is 3.30. The number of rotatable bonds is 2. The number of hydrogen-bond acceptors (Lipinski definition) is 3. The van der Waals surface area contributed by atoms with Crippen molar-refractivity contribution in [3.8, 4) is 0 Å². The van der Waals surface area contributed by atoms with E-state index in [1.807, 2.05) is 0 Å². The highest BCUT2D eigenvalue weighted by Gasteiger charge is 2.14. The second kappa shape index (κ2) is 2.98. The predicted molar refractivity (Wildman–Crippen MR) is 50.4 cm³/mol. The maximum atomic E-state index is 10.6. The monoisotopic (exact) mass is 183 g/mol. The molecule has 0 aliphatic heterocycles. The molecule has 0 saturated heterocycles. The van der Waals surface area contributed by atoms with Gasteiger partial charge in [-0.25, -0.2) is 4.79 Å². The van der Waals surface area contributed by atoms with Crippen LogP contribution in [0.1, 0.15) is 22.2 Å². The first-order valence-corrected chi connectivity index (χ1v) is 4.18. The fourth-order valence-electron chi connectivity index (χ4n) is 0.863. The van der Waals surface area contributed by atoms with E-state index in [0.29, 0.717) is 5.69 Å². The lowest BCUT2D eigenvalue weighted by Crippen LogP contribution is -1.98. The molecule has 0 radical (unpaired) electrons. The van der Waals surface area contributed by atoms with E-state index in [1.54, 1.807) is 12.3 Å². The molecule has 64 valence electrons. The normalized spacial score (nSPS) is 9.75. The fourth-order valence-corrected chi connectivity index (χ4v) is 1.76. The smallest absolute Gasteiger partial charge is 0.348 e. The van der Waals surface area contributed by atoms with E-state index in [2.05, 4.69) is 6.58 Å². The van der Waals surface area contributed by atoms with Gasteiger partial charge in [0.1, 0.15) is 4.88 Å². The van der Waals surface area contributed by atoms with Crippen molar-refractivity contribution in [2.75, 3.05) is 5.73 Å². The lowest BCUT2D eigenvalue weighted by molar-refractivity contribution is 0.0703. The fraction of sp³-hybridized carbons (Fsp3) is 0.125. The first kappa shape index (κ1) is 8.80. The van der Waals surface area contributed by atoms with Crippen LogP contribution in [0.15, 0.2) is 12.0 Å². The van der Waals surface area contributed by atoms with Crippen LogP contribution in [0.4, 0.5) is 5.69 Å². The first-order chi connectivity index (χ1) is 5.54. The van der Waals surface area contributed by atoms with Crippen molar-refractivity contribution in [1.82, 2.24) is 0 Å². The van der Waals surface area contributed by atoms with Gasteiger partial charge in [-0.2, -0.15) is 0 Å². The summed E-state index contributed by atoms with van der Waals surface area (Å²) in [6, 6.07) is 0. The van der Waals surface area contributed by atoms with Crippen LogP contribution in [0.2, 0.25) is 0 Å². The molecule has 0 aromatic carbocycles. The number of carboxylic acids is 1. The number of carbonyl (C=O) groups is 1. The van der Waals surface area contributed by atoms with Crippen molar-refractivity contribution < 1.29 is 9.90 Å². The molecule has 1 rings (SSSR count). The summed E-state index contributed by atoms with van der Waals surface area (Å²) in [6.07, 6.45) is 0. The zero-order valence-corrected chi connectivity index (χ0v) is 7.44. The van der Waals surface area contributed by atoms with Gasteiger partial charge in [-0.1, -0.05) is 6.58 Å². The van der Waals surface area contributed by atoms with Crippen molar-refractivity contribution in [3.05, 3.63) is 22.4 Å². The minimum atomic E-state index is -0.981. The topological polar surface area (TPSA) is 63.3 Å². The minimum Gasteiger partial charge on any atom is -0.477 e. The number of anilines is 1. The van der Waals surface area contributed by atoms with Crippen LogP contribution in [-0.2, 0) is 0 Å². The van der Waals surface area contributed by atoms with Crippen LogP contribution in [0.25, 0.3) is 5.57 Å². The molecular formula is C8H9NO2S. The molecule has 0 saturated carbocycles. The molecule has 0 bridgehead atoms. The number of nitrogen functional groups attached to an aromatic ring is 1. The Kier molecular flexibility index (Phi) is 2.19. The molecule has 0 atom stereocenters. The molecule has 0 aliphatic rings. The van der Waals surface area contributed by atoms with Gasteiger partial charge in [-0.15, -0.1) is 11.3 Å². The van der Waals surface area contributed by atoms with Gasteiger partial charge in [-0.05, 0) is 12.5 Å². The molecule has 1 heterocycles. The lowest BCUT2D eigenvalue weighted by Gasteiger charge is -1.96. The molecule has 0 fully saturated rings. The Labute approximate surface area is 74.1 Å². The highest BCUT2D eigenvalue weighted by atomic mass is 32.1. The number of nitrogens with two attached hydrogens (primary N) is 1. The molecule has 12 heavy (non-hydrogen) atoms. The van der Waals surface area contributed by atoms with Crippen molar-refractivity contribution in [3.63, 3.8) is 0 Å². The molecule has 0 aliphatic carbocycles. The lowest BCUT2D eigenvalue weighted by atomic mass is 10.1. The SMILES string of the molecule is C=C(C)c1csc(C(=O)O)c1N. The van der Waals surface area contributed by atoms with E-state index in [-0.39, 0.29) is 4.88 Å². The largest absolute Gasteiger partial charge is 0.477 e. The number of hydrogen-bond donors (Lipinski definition) is 2. The summed E-state index contributed by atoms with van der Waals surface area (Å²) in [5, 5.41) is 10.4. The van der Waals surface area contributed by atoms with Crippen LogP contribution >= 0.6 is 11.3 Å². The Hall–Kier alpha value is -1.29. The summed E-state index contributed by atoms with van der Waals surface area (Å²) in [7, 11) is 0. The summed E-state index contributed by atoms with van der Waals surface area (Å²) in [4.78, 5) is 10.7. The Bertz CT molecular complexity index is 309. The Morgan fingerprint density at radius 1 is 1.75 bits per heavy atom. The second-order valence-corrected chi connectivity index (χ2v) is 3.36. The van der Waals surface area contributed by atoms with Gasteiger partial charge in [0.15, 0.2) is 0 Å². The molecule has 4 heteroatoms. The predicted octanol–water partition coefficient (Wildman–Crippen LogP) is 2.06. The maximum Gasteiger partial charge on any atom is 0.348 e. The summed E-state index contributed by atoms with van der Waals surface area (Å²) in [5.74, 6) is -0.981. The summed E-state index contributed by atoms with van der Waals surface area (Å²) in [5.41, 5.74) is 7.42. The van der Waals surface area contributed by atoms with Gasteiger partial charge in [-0.3, -0.25) is 0 Å². The third-order valence-electron chi connectivity index (χ3n) is 1.48. The maximum absolute atomic E-state index is 10.6. The third kappa shape index (κ3) is 1.33. The van der Waals surface area contributed by atoms with Crippen molar-refractivity contribution >= 4 is 28.6 Å². The standard InChI is InChI=1S/C8H9NO2S/c1-4(2)5-3-12-7(6(5)9)8(10)11/h3H,1,9H2,2H3,(H,10,11). The minimum absolute atomic E-state index is 0.188. The van der Waals surface area contributed by atoms with E-state index < -0.39 is 5.97 Å². The van der Waals surface area contributed by atoms with Crippen molar-refractivity contribution in [2.45, 2.75) is 6.92 Å². The molecule has 3 nitrogen and oxygen atoms in total. The number of carboxylic acid groups (broad SMARTS) is 1. The van der Waals surface area contributed by atoms with E-state index in [4.69, 9.17) is 10.8 Å². The molecule has 1 aromatic rings. The summed E-state index contributed by atoms with van der Waals surface area (Å²) < 4.78 is 0. The number of thiophene rings is 1. The zero-order chi connectivity index (χ0) is 9.30. The second-order valence-electron chi connectivity index (χ2n) is 2.48. The van der Waals surface area contributed by atoms with Gasteiger partial charge >= 0.3 is 5.97 Å². The third-order valence-corrected chi connectivity index (χ3v) is 2.47. The van der Waals surface area contributed by atoms with E-state index >= 15 is 0 Å². The van der Waals surface area contributed by atoms with Gasteiger partial charge < -0.3 is 10.8 Å². The van der Waals surface area contributed by atoms with Gasteiger partial charge in [0.05, 0.1) is 5.69 Å². The zero-order valence-electron chi connectivity index (χ0n) is 6.63. The van der Waals surface area contributed by atoms with E-state index in [0.717, 1.165) is 22.5 Å². The molecule has 0 unspecified atom stereocenters. The van der Waals surface area contributed by atoms with Crippen molar-refractivity contribution in [2.24, 2.45) is 0 Å². The Morgan fingerprint density at radius 2 is 2.33 bits per heavy atom. The average Bonchev–Trinajstić information content (AvgIpc) is 2.30. The van der Waals surface area contributed by atoms with Crippen LogP contribution in [0.3, 0.4) is 0 Å². The van der Waals surface area contributed by atoms with Crippen LogP contribution in [0.5, 0.6) is 0 Å². The molecule has 0 spiro atoms. The van der Waals surface area contributed by atoms with Gasteiger partial charge in [0, 0.05) is 10.9 Å². The highest BCUT2D eigenvalue weighted by molar-refractivity contribution is 7.12. The molecule has 3 N–H and O–H groups in total. The van der Waals surface area contributed by atoms with E-state index in [9.17, 15) is 4.79 Å². The molecule has 1 aromatic heterocycles. The number of allylic oxidation sites excluding steroid dienone is 1. The van der Waals surface area contributed by atoms with Gasteiger partial charge in [0.25, 0.3) is 0 Å². The van der Waals surface area contributed by atoms with Crippen molar-refractivity contribution in [1.29, 1.82) is 0 Å². The van der Waals surface area contributed by atoms with Crippen LogP contribution < -0.4 is 5.73 Å². The average molecular weight is 183 g/mol. The molecular weight excluding hydrogens is 174 g/mol. The number of aromatic carboxylic acids is 1. The molecule has 0 amide bonds. The van der Waals surface area contributed by atoms with Crippen LogP contribution in [-0.4, -0.2) is 11.1 Å². The van der Waals surface area contributed by atoms with E-state index in [1.165, 1.54) is 0 Å². The quantitative estimate of drug-likeness (QED) is 0.737. The van der Waals surface area contributed by atoms with Gasteiger partial charge in [0.2, 0.25) is 0 Å². The Balaban J connectivity index is 3.22.